The lowest BCUT2D eigenvalue weighted by Crippen LogP contribution is -2.45. The van der Waals surface area contributed by atoms with Gasteiger partial charge in [-0.15, -0.1) is 11.8 Å². The van der Waals surface area contributed by atoms with Crippen LogP contribution < -0.4 is 5.32 Å². The monoisotopic (exact) mass is 486 g/mol. The van der Waals surface area contributed by atoms with Crippen molar-refractivity contribution < 1.29 is 23.5 Å². The third-order valence-corrected chi connectivity index (χ3v) is 6.98. The lowest BCUT2D eigenvalue weighted by Gasteiger charge is -2.33. The SMILES string of the molecule is CC(OC(=O)C(C)SCC(=O)Nc1ccc(F)cc1)C(=O)N1CCC(Cc2ccccc2)CC1. The van der Waals surface area contributed by atoms with Crippen molar-refractivity contribution in [2.75, 3.05) is 24.2 Å². The van der Waals surface area contributed by atoms with Crippen LogP contribution in [-0.4, -0.2) is 52.9 Å². The number of carbonyl (C=O) groups is 3. The van der Waals surface area contributed by atoms with Gasteiger partial charge in [-0.2, -0.15) is 0 Å². The van der Waals surface area contributed by atoms with Gasteiger partial charge >= 0.3 is 5.97 Å². The molecule has 34 heavy (non-hydrogen) atoms. The zero-order valence-corrected chi connectivity index (χ0v) is 20.4. The molecule has 1 aliphatic rings. The minimum Gasteiger partial charge on any atom is -0.452 e. The van der Waals surface area contributed by atoms with Crippen molar-refractivity contribution in [1.82, 2.24) is 4.90 Å². The fourth-order valence-corrected chi connectivity index (χ4v) is 4.55. The number of hydrogen-bond donors (Lipinski definition) is 1. The van der Waals surface area contributed by atoms with E-state index in [2.05, 4.69) is 17.4 Å². The molecule has 8 heteroatoms. The highest BCUT2D eigenvalue weighted by atomic mass is 32.2. The first-order chi connectivity index (χ1) is 16.3. The van der Waals surface area contributed by atoms with Gasteiger partial charge in [0.1, 0.15) is 11.1 Å². The van der Waals surface area contributed by atoms with Gasteiger partial charge in [0.15, 0.2) is 6.10 Å². The maximum atomic E-state index is 12.9. The predicted octanol–water partition coefficient (Wildman–Crippen LogP) is 4.30. The van der Waals surface area contributed by atoms with E-state index in [0.29, 0.717) is 24.7 Å². The van der Waals surface area contributed by atoms with E-state index in [1.165, 1.54) is 29.8 Å². The van der Waals surface area contributed by atoms with Gasteiger partial charge in [-0.3, -0.25) is 14.4 Å². The molecule has 1 aliphatic heterocycles. The van der Waals surface area contributed by atoms with Crippen molar-refractivity contribution in [2.45, 2.75) is 44.5 Å². The summed E-state index contributed by atoms with van der Waals surface area (Å²) in [5, 5.41) is 2.04. The zero-order valence-electron chi connectivity index (χ0n) is 19.5. The van der Waals surface area contributed by atoms with E-state index >= 15 is 0 Å². The topological polar surface area (TPSA) is 75.7 Å². The summed E-state index contributed by atoms with van der Waals surface area (Å²) >= 11 is 1.12. The summed E-state index contributed by atoms with van der Waals surface area (Å²) in [6.07, 6.45) is 2.00. The molecular formula is C26H31FN2O4S. The number of nitrogens with one attached hydrogen (secondary N) is 1. The van der Waals surface area contributed by atoms with Crippen LogP contribution in [0.1, 0.15) is 32.3 Å². The molecule has 1 N–H and O–H groups in total. The Bertz CT molecular complexity index is 963. The maximum absolute atomic E-state index is 12.9. The van der Waals surface area contributed by atoms with Crippen LogP contribution in [0.4, 0.5) is 10.1 Å². The number of amides is 2. The Morgan fingerprint density at radius 3 is 2.35 bits per heavy atom. The Morgan fingerprint density at radius 1 is 1.06 bits per heavy atom. The zero-order chi connectivity index (χ0) is 24.5. The first-order valence-electron chi connectivity index (χ1n) is 11.5. The van der Waals surface area contributed by atoms with Crippen LogP contribution in [0.3, 0.4) is 0 Å². The van der Waals surface area contributed by atoms with Crippen LogP contribution in [0, 0.1) is 11.7 Å². The number of rotatable bonds is 9. The van der Waals surface area contributed by atoms with E-state index in [-0.39, 0.29) is 23.4 Å². The van der Waals surface area contributed by atoms with E-state index < -0.39 is 17.3 Å². The summed E-state index contributed by atoms with van der Waals surface area (Å²) < 4.78 is 18.3. The molecule has 0 radical (unpaired) electrons. The number of carbonyl (C=O) groups excluding carboxylic acids is 3. The van der Waals surface area contributed by atoms with Gasteiger partial charge in [-0.25, -0.2) is 4.39 Å². The predicted molar refractivity (Wildman–Crippen MR) is 132 cm³/mol. The average molecular weight is 487 g/mol. The minimum absolute atomic E-state index is 0.0326. The van der Waals surface area contributed by atoms with Gasteiger partial charge in [-0.1, -0.05) is 30.3 Å². The largest absolute Gasteiger partial charge is 0.452 e. The third kappa shape index (κ3) is 7.87. The normalized spacial score (nSPS) is 15.9. The standard InChI is InChI=1S/C26H31FN2O4S/c1-18(25(31)29-14-12-21(13-15-29)16-20-6-4-3-5-7-20)33-26(32)19(2)34-17-24(30)28-23-10-8-22(27)9-11-23/h3-11,18-19,21H,12-17H2,1-2H3,(H,28,30). The summed E-state index contributed by atoms with van der Waals surface area (Å²) in [4.78, 5) is 39.0. The van der Waals surface area contributed by atoms with E-state index in [0.717, 1.165) is 31.0 Å². The number of anilines is 1. The molecule has 2 aromatic rings. The fraction of sp³-hybridized carbons (Fsp3) is 0.423. The summed E-state index contributed by atoms with van der Waals surface area (Å²) in [6, 6.07) is 15.8. The molecule has 6 nitrogen and oxygen atoms in total. The summed E-state index contributed by atoms with van der Waals surface area (Å²) in [7, 11) is 0. The molecule has 0 aromatic heterocycles. The van der Waals surface area contributed by atoms with Crippen molar-refractivity contribution in [2.24, 2.45) is 5.92 Å². The Labute approximate surface area is 204 Å². The number of nitrogens with zero attached hydrogens (tertiary/aromatic N) is 1. The number of halogens is 1. The van der Waals surface area contributed by atoms with E-state index in [1.807, 2.05) is 18.2 Å². The van der Waals surface area contributed by atoms with Crippen LogP contribution in [0.25, 0.3) is 0 Å². The maximum Gasteiger partial charge on any atom is 0.319 e. The molecular weight excluding hydrogens is 455 g/mol. The minimum atomic E-state index is -0.866. The molecule has 3 rings (SSSR count). The lowest BCUT2D eigenvalue weighted by atomic mass is 9.90. The van der Waals surface area contributed by atoms with E-state index in [1.54, 1.807) is 18.7 Å². The van der Waals surface area contributed by atoms with Gasteiger partial charge in [0.05, 0.1) is 5.75 Å². The second-order valence-electron chi connectivity index (χ2n) is 8.55. The first-order valence-corrected chi connectivity index (χ1v) is 12.6. The van der Waals surface area contributed by atoms with E-state index in [9.17, 15) is 18.8 Å². The van der Waals surface area contributed by atoms with Crippen LogP contribution in [0.2, 0.25) is 0 Å². The Balaban J connectivity index is 1.37. The number of piperidine rings is 1. The van der Waals surface area contributed by atoms with Gasteiger partial charge in [0.2, 0.25) is 5.91 Å². The average Bonchev–Trinajstić information content (AvgIpc) is 2.84. The van der Waals surface area contributed by atoms with Crippen LogP contribution in [0.15, 0.2) is 54.6 Å². The second kappa shape index (κ2) is 12.6. The van der Waals surface area contributed by atoms with Crippen molar-refractivity contribution in [3.05, 3.63) is 66.0 Å². The molecule has 2 aromatic carbocycles. The van der Waals surface area contributed by atoms with E-state index in [4.69, 9.17) is 4.74 Å². The van der Waals surface area contributed by atoms with Crippen molar-refractivity contribution in [3.8, 4) is 0 Å². The van der Waals surface area contributed by atoms with Gasteiger partial charge in [0, 0.05) is 18.8 Å². The molecule has 1 fully saturated rings. The second-order valence-corrected chi connectivity index (χ2v) is 9.87. The number of thioether (sulfide) groups is 1. The Morgan fingerprint density at radius 2 is 1.71 bits per heavy atom. The third-order valence-electron chi connectivity index (χ3n) is 5.86. The molecule has 2 atom stereocenters. The number of hydrogen-bond acceptors (Lipinski definition) is 5. The highest BCUT2D eigenvalue weighted by Gasteiger charge is 2.29. The Kier molecular flexibility index (Phi) is 9.51. The summed E-state index contributed by atoms with van der Waals surface area (Å²) in [6.45, 7) is 4.55. The van der Waals surface area contributed by atoms with Gasteiger partial charge < -0.3 is 15.0 Å². The van der Waals surface area contributed by atoms with Crippen molar-refractivity contribution in [3.63, 3.8) is 0 Å². The van der Waals surface area contributed by atoms with Crippen molar-refractivity contribution >= 4 is 35.2 Å². The Hall–Kier alpha value is -2.87. The number of esters is 1. The molecule has 2 unspecified atom stereocenters. The number of likely N-dealkylation sites (tertiary alicyclic amines) is 1. The highest BCUT2D eigenvalue weighted by Crippen LogP contribution is 2.23. The molecule has 2 amide bonds. The highest BCUT2D eigenvalue weighted by molar-refractivity contribution is 8.01. The molecule has 0 aliphatic carbocycles. The van der Waals surface area contributed by atoms with Crippen LogP contribution >= 0.6 is 11.8 Å². The van der Waals surface area contributed by atoms with Crippen molar-refractivity contribution in [1.29, 1.82) is 0 Å². The van der Waals surface area contributed by atoms with Crippen LogP contribution in [-0.2, 0) is 25.5 Å². The fourth-order valence-electron chi connectivity index (χ4n) is 3.88. The lowest BCUT2D eigenvalue weighted by molar-refractivity contribution is -0.159. The smallest absolute Gasteiger partial charge is 0.319 e. The number of ether oxygens (including phenoxy) is 1. The molecule has 1 heterocycles. The van der Waals surface area contributed by atoms with Gasteiger partial charge in [-0.05, 0) is 68.9 Å². The molecule has 0 saturated carbocycles. The molecule has 0 spiro atoms. The molecule has 0 bridgehead atoms. The summed E-state index contributed by atoms with van der Waals surface area (Å²) in [5.41, 5.74) is 1.79. The quantitative estimate of drug-likeness (QED) is 0.535. The molecule has 182 valence electrons. The first kappa shape index (κ1) is 25.7. The van der Waals surface area contributed by atoms with Crippen LogP contribution in [0.5, 0.6) is 0 Å². The summed E-state index contributed by atoms with van der Waals surface area (Å²) in [5.74, 6) is -0.827. The number of benzene rings is 2. The van der Waals surface area contributed by atoms with Gasteiger partial charge in [0.25, 0.3) is 5.91 Å². The molecule has 1 saturated heterocycles.